The SMILES string of the molecule is COC(OC)=C(C(=O)O[SiH3])C(C)OC. The van der Waals surface area contributed by atoms with Crippen molar-refractivity contribution in [2.75, 3.05) is 21.3 Å². The minimum absolute atomic E-state index is 0.125. The Bertz CT molecular complexity index is 220. The van der Waals surface area contributed by atoms with Crippen LogP contribution in [0.15, 0.2) is 11.5 Å². The first-order chi connectivity index (χ1) is 6.62. The molecule has 1 atom stereocenters. The first-order valence-corrected chi connectivity index (χ1v) is 4.87. The summed E-state index contributed by atoms with van der Waals surface area (Å²) in [5, 5.41) is 0. The van der Waals surface area contributed by atoms with Crippen LogP contribution >= 0.6 is 0 Å². The van der Waals surface area contributed by atoms with Crippen molar-refractivity contribution in [3.8, 4) is 0 Å². The highest BCUT2D eigenvalue weighted by Crippen LogP contribution is 2.14. The molecule has 0 heterocycles. The van der Waals surface area contributed by atoms with Crippen LogP contribution in [0.3, 0.4) is 0 Å². The lowest BCUT2D eigenvalue weighted by atomic mass is 10.2. The fraction of sp³-hybridized carbons (Fsp3) is 0.625. The van der Waals surface area contributed by atoms with Gasteiger partial charge in [-0.05, 0) is 6.92 Å². The third-order valence-corrected chi connectivity index (χ3v) is 2.13. The number of carbonyl (C=O) groups is 1. The molecule has 0 aliphatic heterocycles. The molecule has 0 bridgehead atoms. The van der Waals surface area contributed by atoms with Crippen LogP contribution in [-0.2, 0) is 23.4 Å². The summed E-state index contributed by atoms with van der Waals surface area (Å²) in [5.74, 6) is -0.343. The van der Waals surface area contributed by atoms with Gasteiger partial charge in [0, 0.05) is 7.11 Å². The molecule has 14 heavy (non-hydrogen) atoms. The fourth-order valence-corrected chi connectivity index (χ4v) is 1.17. The molecule has 6 heteroatoms. The monoisotopic (exact) mass is 220 g/mol. The molecule has 5 nitrogen and oxygen atoms in total. The van der Waals surface area contributed by atoms with E-state index in [-0.39, 0.29) is 11.5 Å². The lowest BCUT2D eigenvalue weighted by molar-refractivity contribution is -0.131. The van der Waals surface area contributed by atoms with Crippen LogP contribution in [0.25, 0.3) is 0 Å². The van der Waals surface area contributed by atoms with E-state index in [1.807, 2.05) is 0 Å². The van der Waals surface area contributed by atoms with E-state index in [0.717, 1.165) is 0 Å². The summed E-state index contributed by atoms with van der Waals surface area (Å²) in [5.41, 5.74) is 0.257. The third kappa shape index (κ3) is 3.04. The van der Waals surface area contributed by atoms with Crippen LogP contribution in [0.4, 0.5) is 0 Å². The van der Waals surface area contributed by atoms with Crippen LogP contribution in [-0.4, -0.2) is 43.9 Å². The van der Waals surface area contributed by atoms with Crippen molar-refractivity contribution in [3.05, 3.63) is 11.5 Å². The Morgan fingerprint density at radius 1 is 1.21 bits per heavy atom. The zero-order valence-corrected chi connectivity index (χ0v) is 11.1. The maximum Gasteiger partial charge on any atom is 0.329 e. The predicted octanol–water partition coefficient (Wildman–Crippen LogP) is -0.651. The highest BCUT2D eigenvalue weighted by molar-refractivity contribution is 6.09. The molecule has 0 rings (SSSR count). The van der Waals surface area contributed by atoms with Gasteiger partial charge >= 0.3 is 5.97 Å². The third-order valence-electron chi connectivity index (χ3n) is 1.76. The molecule has 82 valence electrons. The van der Waals surface area contributed by atoms with Gasteiger partial charge in [0.25, 0.3) is 5.95 Å². The summed E-state index contributed by atoms with van der Waals surface area (Å²) in [6.45, 7) is 1.71. The minimum Gasteiger partial charge on any atom is -0.525 e. The molecule has 0 fully saturated rings. The van der Waals surface area contributed by atoms with Crippen LogP contribution in [0.5, 0.6) is 0 Å². The van der Waals surface area contributed by atoms with E-state index in [2.05, 4.69) is 0 Å². The minimum atomic E-state index is -0.468. The van der Waals surface area contributed by atoms with Gasteiger partial charge in [-0.1, -0.05) is 0 Å². The summed E-state index contributed by atoms with van der Waals surface area (Å²) in [6, 6.07) is 0. The molecule has 0 aliphatic rings. The van der Waals surface area contributed by atoms with Crippen LogP contribution < -0.4 is 0 Å². The lowest BCUT2D eigenvalue weighted by Gasteiger charge is -2.15. The standard InChI is InChI=1S/C8H16O5Si/c1-5(10-2)6(7(9)13-14)8(11-3)12-4/h5H,1-4,14H3. The zero-order chi connectivity index (χ0) is 11.1. The van der Waals surface area contributed by atoms with Crippen molar-refractivity contribution >= 4 is 16.5 Å². The molecule has 0 aromatic carbocycles. The van der Waals surface area contributed by atoms with Gasteiger partial charge in [-0.25, -0.2) is 4.79 Å². The fourth-order valence-electron chi connectivity index (χ4n) is 0.946. The molecular formula is C8H16O5Si. The van der Waals surface area contributed by atoms with Crippen molar-refractivity contribution in [3.63, 3.8) is 0 Å². The van der Waals surface area contributed by atoms with E-state index >= 15 is 0 Å². The summed E-state index contributed by atoms with van der Waals surface area (Å²) >= 11 is 0. The molecule has 0 saturated heterocycles. The van der Waals surface area contributed by atoms with Gasteiger partial charge in [-0.3, -0.25) is 0 Å². The van der Waals surface area contributed by atoms with Gasteiger partial charge in [0.05, 0.1) is 20.3 Å². The second-order valence-electron chi connectivity index (χ2n) is 2.48. The molecule has 0 aromatic rings. The Labute approximate surface area is 86.5 Å². The van der Waals surface area contributed by atoms with E-state index in [4.69, 9.17) is 18.6 Å². The highest BCUT2D eigenvalue weighted by Gasteiger charge is 2.24. The zero-order valence-electron chi connectivity index (χ0n) is 9.12. The molecule has 1 unspecified atom stereocenters. The normalized spacial score (nSPS) is 11.7. The number of carbonyl (C=O) groups excluding carboxylic acids is 1. The first kappa shape index (κ1) is 13.0. The number of ether oxygens (including phenoxy) is 3. The molecule has 0 amide bonds. The van der Waals surface area contributed by atoms with Crippen molar-refractivity contribution < 1.29 is 23.4 Å². The summed E-state index contributed by atoms with van der Waals surface area (Å²) in [6.07, 6.45) is -0.425. The van der Waals surface area contributed by atoms with Crippen molar-refractivity contribution in [2.45, 2.75) is 13.0 Å². The van der Waals surface area contributed by atoms with Gasteiger partial charge in [-0.2, -0.15) is 0 Å². The van der Waals surface area contributed by atoms with E-state index < -0.39 is 12.1 Å². The van der Waals surface area contributed by atoms with Gasteiger partial charge in [0.2, 0.25) is 10.5 Å². The second-order valence-corrected chi connectivity index (χ2v) is 2.89. The predicted molar refractivity (Wildman–Crippen MR) is 53.5 cm³/mol. The number of rotatable bonds is 5. The maximum atomic E-state index is 11.4. The second kappa shape index (κ2) is 6.44. The van der Waals surface area contributed by atoms with E-state index in [1.54, 1.807) is 6.92 Å². The van der Waals surface area contributed by atoms with Crippen LogP contribution in [0, 0.1) is 0 Å². The van der Waals surface area contributed by atoms with Crippen molar-refractivity contribution in [2.24, 2.45) is 0 Å². The molecule has 0 spiro atoms. The lowest BCUT2D eigenvalue weighted by Crippen LogP contribution is -2.22. The molecule has 0 radical (unpaired) electrons. The number of hydrogen-bond donors (Lipinski definition) is 0. The maximum absolute atomic E-state index is 11.4. The van der Waals surface area contributed by atoms with E-state index in [0.29, 0.717) is 10.5 Å². The Morgan fingerprint density at radius 3 is 2.00 bits per heavy atom. The molecule has 0 aromatic heterocycles. The van der Waals surface area contributed by atoms with E-state index in [9.17, 15) is 4.79 Å². The van der Waals surface area contributed by atoms with Crippen LogP contribution in [0.1, 0.15) is 6.92 Å². The van der Waals surface area contributed by atoms with E-state index in [1.165, 1.54) is 21.3 Å². The van der Waals surface area contributed by atoms with Gasteiger partial charge in [0.15, 0.2) is 0 Å². The smallest absolute Gasteiger partial charge is 0.329 e. The highest BCUT2D eigenvalue weighted by atomic mass is 28.2. The first-order valence-electron chi connectivity index (χ1n) is 4.05. The quantitative estimate of drug-likeness (QED) is 0.350. The van der Waals surface area contributed by atoms with Gasteiger partial charge in [0.1, 0.15) is 5.57 Å². The average Bonchev–Trinajstić information content (AvgIpc) is 2.23. The summed E-state index contributed by atoms with van der Waals surface area (Å²) < 4.78 is 19.5. The Balaban J connectivity index is 5.05. The molecule has 0 aliphatic carbocycles. The molecular weight excluding hydrogens is 204 g/mol. The Kier molecular flexibility index (Phi) is 5.98. The Morgan fingerprint density at radius 2 is 1.71 bits per heavy atom. The summed E-state index contributed by atoms with van der Waals surface area (Å²) in [4.78, 5) is 11.4. The topological polar surface area (TPSA) is 54.0 Å². The molecule has 0 N–H and O–H groups in total. The average molecular weight is 220 g/mol. The number of hydrogen-bond acceptors (Lipinski definition) is 5. The largest absolute Gasteiger partial charge is 0.525 e. The molecule has 0 saturated carbocycles. The van der Waals surface area contributed by atoms with Gasteiger partial charge < -0.3 is 18.6 Å². The van der Waals surface area contributed by atoms with Crippen molar-refractivity contribution in [1.82, 2.24) is 0 Å². The summed E-state index contributed by atoms with van der Waals surface area (Å²) in [7, 11) is 4.65. The van der Waals surface area contributed by atoms with Crippen LogP contribution in [0.2, 0.25) is 0 Å². The van der Waals surface area contributed by atoms with Crippen molar-refractivity contribution in [1.29, 1.82) is 0 Å². The van der Waals surface area contributed by atoms with Gasteiger partial charge in [-0.15, -0.1) is 0 Å². The number of methoxy groups -OCH3 is 3. The Hall–Kier alpha value is -1.01.